The van der Waals surface area contributed by atoms with Crippen LogP contribution in [0.15, 0.2) is 30.3 Å². The van der Waals surface area contributed by atoms with Gasteiger partial charge in [-0.25, -0.2) is 4.68 Å². The van der Waals surface area contributed by atoms with Gasteiger partial charge >= 0.3 is 0 Å². The van der Waals surface area contributed by atoms with Gasteiger partial charge in [0, 0.05) is 22.2 Å². The van der Waals surface area contributed by atoms with Gasteiger partial charge < -0.3 is 5.32 Å². The number of rotatable bonds is 4. The highest BCUT2D eigenvalue weighted by Crippen LogP contribution is 2.25. The van der Waals surface area contributed by atoms with Gasteiger partial charge in [-0.2, -0.15) is 10.2 Å². The van der Waals surface area contributed by atoms with Crippen LogP contribution in [0.1, 0.15) is 48.1 Å². The number of nitrogens with zero attached hydrogens (tertiary/aromatic N) is 3. The number of H-pyrrole nitrogens is 1. The number of amides is 1. The van der Waals surface area contributed by atoms with Crippen molar-refractivity contribution in [2.24, 2.45) is 0 Å². The minimum Gasteiger partial charge on any atom is -0.305 e. The molecule has 0 saturated carbocycles. The van der Waals surface area contributed by atoms with Crippen LogP contribution < -0.4 is 5.32 Å². The first-order valence-corrected chi connectivity index (χ1v) is 9.26. The molecule has 0 bridgehead atoms. The fourth-order valence-electron chi connectivity index (χ4n) is 2.65. The van der Waals surface area contributed by atoms with Crippen molar-refractivity contribution in [3.63, 3.8) is 0 Å². The Balaban J connectivity index is 1.82. The zero-order valence-corrected chi connectivity index (χ0v) is 17.1. The number of carbonyl (C=O) groups excluding carboxylic acids is 1. The Hall–Kier alpha value is -2.31. The van der Waals surface area contributed by atoms with Gasteiger partial charge in [0.25, 0.3) is 5.91 Å². The van der Waals surface area contributed by atoms with E-state index in [-0.39, 0.29) is 16.5 Å². The molecule has 3 aromatic rings. The molecule has 0 fully saturated rings. The molecule has 3 rings (SSSR count). The number of halogens is 2. The summed E-state index contributed by atoms with van der Waals surface area (Å²) in [5.41, 5.74) is 2.57. The Morgan fingerprint density at radius 1 is 1.26 bits per heavy atom. The summed E-state index contributed by atoms with van der Waals surface area (Å²) in [7, 11) is 0. The van der Waals surface area contributed by atoms with Crippen LogP contribution in [0.4, 0.5) is 5.82 Å². The van der Waals surface area contributed by atoms with Gasteiger partial charge in [-0.05, 0) is 18.6 Å². The van der Waals surface area contributed by atoms with Crippen molar-refractivity contribution in [3.05, 3.63) is 63.0 Å². The van der Waals surface area contributed by atoms with Crippen LogP contribution in [0.5, 0.6) is 0 Å². The summed E-state index contributed by atoms with van der Waals surface area (Å²) >= 11 is 12.6. The number of carbonyl (C=O) groups is 1. The van der Waals surface area contributed by atoms with E-state index in [0.29, 0.717) is 28.6 Å². The van der Waals surface area contributed by atoms with Crippen molar-refractivity contribution in [2.75, 3.05) is 5.32 Å². The molecule has 0 atom stereocenters. The Morgan fingerprint density at radius 3 is 2.59 bits per heavy atom. The topological polar surface area (TPSA) is 75.6 Å². The van der Waals surface area contributed by atoms with Crippen LogP contribution in [-0.4, -0.2) is 25.9 Å². The molecular formula is C19H21Cl2N5O. The second-order valence-electron chi connectivity index (χ2n) is 7.37. The molecule has 0 aliphatic carbocycles. The Kier molecular flexibility index (Phi) is 5.31. The van der Waals surface area contributed by atoms with E-state index in [1.807, 2.05) is 24.3 Å². The molecule has 8 heteroatoms. The summed E-state index contributed by atoms with van der Waals surface area (Å²) in [6.07, 6.45) is 0. The molecular weight excluding hydrogens is 385 g/mol. The lowest BCUT2D eigenvalue weighted by Crippen LogP contribution is -2.14. The van der Waals surface area contributed by atoms with Gasteiger partial charge in [0.1, 0.15) is 5.15 Å². The molecule has 1 aromatic carbocycles. The Morgan fingerprint density at radius 2 is 1.96 bits per heavy atom. The highest BCUT2D eigenvalue weighted by Gasteiger charge is 2.23. The standard InChI is InChI=1S/C19H21Cl2N5O/c1-11-16(18(27)22-15-9-14(23-24-15)19(2,3)4)17(21)26(25-11)10-12-7-5-6-8-13(12)20/h5-9H,10H2,1-4H3,(H2,22,23,24,27). The van der Waals surface area contributed by atoms with Crippen LogP contribution in [0.3, 0.4) is 0 Å². The van der Waals surface area contributed by atoms with Crippen LogP contribution in [0.2, 0.25) is 10.2 Å². The molecule has 0 aliphatic heterocycles. The normalized spacial score (nSPS) is 11.6. The predicted octanol–water partition coefficient (Wildman–Crippen LogP) is 4.82. The van der Waals surface area contributed by atoms with Gasteiger partial charge in [-0.1, -0.05) is 62.2 Å². The van der Waals surface area contributed by atoms with E-state index in [1.165, 1.54) is 0 Å². The van der Waals surface area contributed by atoms with Gasteiger partial charge in [-0.3, -0.25) is 9.89 Å². The van der Waals surface area contributed by atoms with Gasteiger partial charge in [0.15, 0.2) is 5.82 Å². The zero-order valence-electron chi connectivity index (χ0n) is 15.6. The SMILES string of the molecule is Cc1nn(Cc2ccccc2Cl)c(Cl)c1C(=O)Nc1cc(C(C)(C)C)[nH]n1. The monoisotopic (exact) mass is 405 g/mol. The molecule has 142 valence electrons. The first-order chi connectivity index (χ1) is 12.7. The third-order valence-corrected chi connectivity index (χ3v) is 4.95. The number of aromatic amines is 1. The number of hydrogen-bond donors (Lipinski definition) is 2. The lowest BCUT2D eigenvalue weighted by molar-refractivity contribution is 0.102. The van der Waals surface area contributed by atoms with Crippen LogP contribution in [-0.2, 0) is 12.0 Å². The van der Waals surface area contributed by atoms with E-state index < -0.39 is 0 Å². The molecule has 0 spiro atoms. The Bertz CT molecular complexity index is 984. The number of aromatic nitrogens is 4. The molecule has 2 aromatic heterocycles. The summed E-state index contributed by atoms with van der Waals surface area (Å²) < 4.78 is 1.57. The summed E-state index contributed by atoms with van der Waals surface area (Å²) in [5, 5.41) is 15.1. The summed E-state index contributed by atoms with van der Waals surface area (Å²) in [6.45, 7) is 8.31. The molecule has 0 unspecified atom stereocenters. The van der Waals surface area contributed by atoms with E-state index in [9.17, 15) is 4.79 Å². The number of benzene rings is 1. The molecule has 0 aliphatic rings. The average Bonchev–Trinajstić information content (AvgIpc) is 3.14. The van der Waals surface area contributed by atoms with Crippen molar-refractivity contribution in [3.8, 4) is 0 Å². The molecule has 6 nitrogen and oxygen atoms in total. The lowest BCUT2D eigenvalue weighted by atomic mass is 9.92. The predicted molar refractivity (Wildman–Crippen MR) is 108 cm³/mol. The fraction of sp³-hybridized carbons (Fsp3) is 0.316. The molecule has 0 radical (unpaired) electrons. The maximum absolute atomic E-state index is 12.7. The maximum Gasteiger partial charge on any atom is 0.261 e. The van der Waals surface area contributed by atoms with Crippen LogP contribution >= 0.6 is 23.2 Å². The van der Waals surface area contributed by atoms with Crippen molar-refractivity contribution < 1.29 is 4.79 Å². The lowest BCUT2D eigenvalue weighted by Gasteiger charge is -2.14. The van der Waals surface area contributed by atoms with E-state index in [1.54, 1.807) is 17.7 Å². The van der Waals surface area contributed by atoms with Crippen LogP contribution in [0.25, 0.3) is 0 Å². The third-order valence-electron chi connectivity index (χ3n) is 4.20. The minimum absolute atomic E-state index is 0.0939. The van der Waals surface area contributed by atoms with Crippen LogP contribution in [0, 0.1) is 6.92 Å². The number of hydrogen-bond acceptors (Lipinski definition) is 3. The molecule has 2 heterocycles. The summed E-state index contributed by atoms with van der Waals surface area (Å²) in [5.74, 6) is 0.0918. The van der Waals surface area contributed by atoms with Crippen molar-refractivity contribution in [1.29, 1.82) is 0 Å². The fourth-order valence-corrected chi connectivity index (χ4v) is 3.17. The zero-order chi connectivity index (χ0) is 19.8. The third kappa shape index (κ3) is 4.17. The largest absolute Gasteiger partial charge is 0.305 e. The van der Waals surface area contributed by atoms with Crippen molar-refractivity contribution >= 4 is 34.9 Å². The van der Waals surface area contributed by atoms with Crippen molar-refractivity contribution in [1.82, 2.24) is 20.0 Å². The molecule has 2 N–H and O–H groups in total. The van der Waals surface area contributed by atoms with Gasteiger partial charge in [0.2, 0.25) is 0 Å². The summed E-state index contributed by atoms with van der Waals surface area (Å²) in [4.78, 5) is 12.7. The summed E-state index contributed by atoms with van der Waals surface area (Å²) in [6, 6.07) is 9.27. The minimum atomic E-state index is -0.352. The number of nitrogens with one attached hydrogen (secondary N) is 2. The van der Waals surface area contributed by atoms with E-state index in [4.69, 9.17) is 23.2 Å². The van der Waals surface area contributed by atoms with E-state index in [2.05, 4.69) is 41.4 Å². The highest BCUT2D eigenvalue weighted by molar-refractivity contribution is 6.33. The smallest absolute Gasteiger partial charge is 0.261 e. The van der Waals surface area contributed by atoms with Gasteiger partial charge in [-0.15, -0.1) is 0 Å². The van der Waals surface area contributed by atoms with Gasteiger partial charge in [0.05, 0.1) is 17.8 Å². The van der Waals surface area contributed by atoms with E-state index >= 15 is 0 Å². The van der Waals surface area contributed by atoms with E-state index in [0.717, 1.165) is 11.3 Å². The second kappa shape index (κ2) is 7.37. The first kappa shape index (κ1) is 19.5. The number of aryl methyl sites for hydroxylation is 1. The average molecular weight is 406 g/mol. The quantitative estimate of drug-likeness (QED) is 0.652. The van der Waals surface area contributed by atoms with Crippen molar-refractivity contribution in [2.45, 2.75) is 39.7 Å². The first-order valence-electron chi connectivity index (χ1n) is 8.50. The second-order valence-corrected chi connectivity index (χ2v) is 8.14. The molecule has 0 saturated heterocycles. The Labute approximate surface area is 167 Å². The highest BCUT2D eigenvalue weighted by atomic mass is 35.5. The number of anilines is 1. The molecule has 1 amide bonds. The molecule has 27 heavy (non-hydrogen) atoms. The maximum atomic E-state index is 12.7.